The molecule has 0 saturated heterocycles. The van der Waals surface area contributed by atoms with Crippen molar-refractivity contribution in [1.82, 2.24) is 0 Å². The lowest BCUT2D eigenvalue weighted by atomic mass is 9.77. The van der Waals surface area contributed by atoms with Gasteiger partial charge in [-0.25, -0.2) is 8.78 Å². The lowest BCUT2D eigenvalue weighted by Crippen LogP contribution is -2.37. The van der Waals surface area contributed by atoms with Gasteiger partial charge in [-0.1, -0.05) is 40.2 Å². The smallest absolute Gasteiger partial charge is 0.159 e. The number of aliphatic hydroxyl groups excluding tert-OH is 2. The van der Waals surface area contributed by atoms with Gasteiger partial charge in [-0.3, -0.25) is 0 Å². The number of benzene rings is 2. The Bertz CT molecular complexity index is 627. The van der Waals surface area contributed by atoms with E-state index in [0.717, 1.165) is 22.2 Å². The minimum Gasteiger partial charge on any atom is -0.395 e. The van der Waals surface area contributed by atoms with E-state index in [-0.39, 0.29) is 19.6 Å². The van der Waals surface area contributed by atoms with Crippen molar-refractivity contribution in [2.75, 3.05) is 13.2 Å². The zero-order valence-corrected chi connectivity index (χ0v) is 12.8. The lowest BCUT2D eigenvalue weighted by molar-refractivity contribution is 0.115. The fourth-order valence-electron chi connectivity index (χ4n) is 2.36. The van der Waals surface area contributed by atoms with E-state index in [2.05, 4.69) is 15.9 Å². The molecule has 2 N–H and O–H groups in total. The average molecular weight is 357 g/mol. The molecular formula is C16H15BrF2O2. The zero-order valence-electron chi connectivity index (χ0n) is 11.2. The molecule has 0 fully saturated rings. The Balaban J connectivity index is 2.43. The zero-order chi connectivity index (χ0) is 15.5. The van der Waals surface area contributed by atoms with Crippen LogP contribution in [0.25, 0.3) is 0 Å². The molecule has 0 aliphatic heterocycles. The summed E-state index contributed by atoms with van der Waals surface area (Å²) in [6.07, 6.45) is 0.194. The summed E-state index contributed by atoms with van der Waals surface area (Å²) in [7, 11) is 0. The Morgan fingerprint density at radius 1 is 0.952 bits per heavy atom. The van der Waals surface area contributed by atoms with Gasteiger partial charge < -0.3 is 10.2 Å². The number of rotatable bonds is 5. The maximum Gasteiger partial charge on any atom is 0.159 e. The number of halogens is 3. The van der Waals surface area contributed by atoms with Crippen LogP contribution in [0.4, 0.5) is 8.78 Å². The van der Waals surface area contributed by atoms with E-state index >= 15 is 0 Å². The normalized spacial score (nSPS) is 11.7. The van der Waals surface area contributed by atoms with Crippen LogP contribution in [-0.2, 0) is 11.8 Å². The van der Waals surface area contributed by atoms with E-state index in [1.807, 2.05) is 6.07 Å². The highest BCUT2D eigenvalue weighted by Gasteiger charge is 2.33. The van der Waals surface area contributed by atoms with Crippen LogP contribution in [0.1, 0.15) is 11.1 Å². The van der Waals surface area contributed by atoms with E-state index in [1.54, 1.807) is 18.2 Å². The van der Waals surface area contributed by atoms with Gasteiger partial charge in [0.25, 0.3) is 0 Å². The quantitative estimate of drug-likeness (QED) is 0.863. The molecule has 21 heavy (non-hydrogen) atoms. The van der Waals surface area contributed by atoms with Gasteiger partial charge in [0.15, 0.2) is 11.6 Å². The first-order valence-corrected chi connectivity index (χ1v) is 7.22. The maximum atomic E-state index is 13.3. The summed E-state index contributed by atoms with van der Waals surface area (Å²) in [5, 5.41) is 19.6. The third-order valence-corrected chi connectivity index (χ3v) is 4.27. The van der Waals surface area contributed by atoms with Gasteiger partial charge in [0.1, 0.15) is 0 Å². The van der Waals surface area contributed by atoms with Crippen molar-refractivity contribution in [3.05, 3.63) is 69.7 Å². The van der Waals surface area contributed by atoms with Crippen molar-refractivity contribution in [1.29, 1.82) is 0 Å². The Morgan fingerprint density at radius 3 is 2.19 bits per heavy atom. The molecule has 0 aliphatic rings. The molecule has 5 heteroatoms. The highest BCUT2D eigenvalue weighted by atomic mass is 79.9. The molecule has 2 aromatic carbocycles. The van der Waals surface area contributed by atoms with Crippen LogP contribution in [0.2, 0.25) is 0 Å². The largest absolute Gasteiger partial charge is 0.395 e. The minimum atomic E-state index is -0.968. The number of hydrogen-bond donors (Lipinski definition) is 2. The maximum absolute atomic E-state index is 13.3. The minimum absolute atomic E-state index is 0.194. The van der Waals surface area contributed by atoms with Gasteiger partial charge in [-0.05, 0) is 35.7 Å². The summed E-state index contributed by atoms with van der Waals surface area (Å²) in [5.41, 5.74) is 0.261. The Morgan fingerprint density at radius 2 is 1.62 bits per heavy atom. The van der Waals surface area contributed by atoms with Crippen LogP contribution < -0.4 is 0 Å². The van der Waals surface area contributed by atoms with Crippen molar-refractivity contribution in [3.63, 3.8) is 0 Å². The summed E-state index contributed by atoms with van der Waals surface area (Å²) in [5.74, 6) is -1.86. The van der Waals surface area contributed by atoms with Crippen LogP contribution in [0.5, 0.6) is 0 Å². The molecule has 0 atom stereocenters. The molecule has 0 heterocycles. The second-order valence-electron chi connectivity index (χ2n) is 5.00. The van der Waals surface area contributed by atoms with Crippen LogP contribution in [-0.4, -0.2) is 23.4 Å². The van der Waals surface area contributed by atoms with Crippen LogP contribution >= 0.6 is 15.9 Å². The lowest BCUT2D eigenvalue weighted by Gasteiger charge is -2.31. The molecule has 112 valence electrons. The van der Waals surface area contributed by atoms with E-state index in [1.165, 1.54) is 6.07 Å². The highest BCUT2D eigenvalue weighted by Crippen LogP contribution is 2.33. The van der Waals surface area contributed by atoms with Crippen LogP contribution in [0.3, 0.4) is 0 Å². The third-order valence-electron chi connectivity index (χ3n) is 3.58. The van der Waals surface area contributed by atoms with E-state index in [4.69, 9.17) is 0 Å². The number of aliphatic hydroxyl groups is 2. The van der Waals surface area contributed by atoms with Crippen molar-refractivity contribution in [2.45, 2.75) is 11.8 Å². The van der Waals surface area contributed by atoms with Gasteiger partial charge in [0.2, 0.25) is 0 Å². The van der Waals surface area contributed by atoms with Gasteiger partial charge in [0.05, 0.1) is 13.2 Å². The summed E-state index contributed by atoms with van der Waals surface area (Å²) in [6, 6.07) is 10.8. The predicted octanol–water partition coefficient (Wildman–Crippen LogP) is 3.19. The second-order valence-corrected chi connectivity index (χ2v) is 5.86. The Kier molecular flexibility index (Phi) is 5.08. The van der Waals surface area contributed by atoms with Crippen molar-refractivity contribution < 1.29 is 19.0 Å². The molecule has 0 saturated carbocycles. The first-order valence-electron chi connectivity index (χ1n) is 6.43. The molecule has 0 spiro atoms. The molecule has 0 aliphatic carbocycles. The van der Waals surface area contributed by atoms with Gasteiger partial charge in [-0.15, -0.1) is 0 Å². The van der Waals surface area contributed by atoms with Gasteiger partial charge in [-0.2, -0.15) is 0 Å². The van der Waals surface area contributed by atoms with E-state index in [0.29, 0.717) is 5.56 Å². The molecule has 2 rings (SSSR count). The third kappa shape index (κ3) is 3.31. The molecule has 2 aromatic rings. The van der Waals surface area contributed by atoms with Crippen molar-refractivity contribution in [2.24, 2.45) is 0 Å². The van der Waals surface area contributed by atoms with Gasteiger partial charge in [0, 0.05) is 9.89 Å². The van der Waals surface area contributed by atoms with E-state index in [9.17, 15) is 19.0 Å². The first kappa shape index (κ1) is 16.1. The molecule has 0 radical (unpaired) electrons. The Labute approximate surface area is 130 Å². The molecule has 0 amide bonds. The standard InChI is InChI=1S/C16H15BrF2O2/c17-13-4-2-1-3-12(13)16(9-20,10-21)8-11-5-6-14(18)15(19)7-11/h1-7,20-21H,8-10H2. The topological polar surface area (TPSA) is 40.5 Å². The first-order chi connectivity index (χ1) is 10.0. The van der Waals surface area contributed by atoms with Crippen molar-refractivity contribution >= 4 is 15.9 Å². The molecule has 2 nitrogen and oxygen atoms in total. The van der Waals surface area contributed by atoms with Crippen molar-refractivity contribution in [3.8, 4) is 0 Å². The molecule has 0 aromatic heterocycles. The fourth-order valence-corrected chi connectivity index (χ4v) is 3.06. The number of hydrogen-bond acceptors (Lipinski definition) is 2. The van der Waals surface area contributed by atoms with Crippen LogP contribution in [0, 0.1) is 11.6 Å². The van der Waals surface area contributed by atoms with E-state index < -0.39 is 17.0 Å². The summed E-state index contributed by atoms with van der Waals surface area (Å²) < 4.78 is 27.1. The monoisotopic (exact) mass is 356 g/mol. The highest BCUT2D eigenvalue weighted by molar-refractivity contribution is 9.10. The summed E-state index contributed by atoms with van der Waals surface area (Å²) in [4.78, 5) is 0. The summed E-state index contributed by atoms with van der Waals surface area (Å²) >= 11 is 3.40. The fraction of sp³-hybridized carbons (Fsp3) is 0.250. The SMILES string of the molecule is OCC(CO)(Cc1ccc(F)c(F)c1)c1ccccc1Br. The second kappa shape index (κ2) is 6.64. The van der Waals surface area contributed by atoms with Crippen LogP contribution in [0.15, 0.2) is 46.9 Å². The Hall–Kier alpha value is -1.30. The summed E-state index contributed by atoms with van der Waals surface area (Å²) in [6.45, 7) is -0.629. The average Bonchev–Trinajstić information content (AvgIpc) is 2.49. The molecular weight excluding hydrogens is 342 g/mol. The molecule has 0 bridgehead atoms. The predicted molar refractivity (Wildman–Crippen MR) is 80.1 cm³/mol. The van der Waals surface area contributed by atoms with Gasteiger partial charge >= 0.3 is 0 Å². The molecule has 0 unspecified atom stereocenters.